The van der Waals surface area contributed by atoms with Crippen LogP contribution in [0.15, 0.2) is 48.7 Å². The summed E-state index contributed by atoms with van der Waals surface area (Å²) in [5, 5.41) is 2.83. The predicted molar refractivity (Wildman–Crippen MR) is 80.1 cm³/mol. The maximum absolute atomic E-state index is 12.1. The first-order chi connectivity index (χ1) is 9.83. The molecule has 1 fully saturated rings. The average Bonchev–Trinajstić information content (AvgIpc) is 3.03. The fourth-order valence-electron chi connectivity index (χ4n) is 2.40. The highest BCUT2D eigenvalue weighted by molar-refractivity contribution is 6.02. The van der Waals surface area contributed by atoms with E-state index in [0.717, 1.165) is 24.5 Å². The normalized spacial score (nSPS) is 14.3. The van der Waals surface area contributed by atoms with Crippen LogP contribution in [-0.2, 0) is 0 Å². The van der Waals surface area contributed by atoms with Gasteiger partial charge in [0.2, 0.25) is 0 Å². The lowest BCUT2D eigenvalue weighted by Gasteiger charge is -2.16. The van der Waals surface area contributed by atoms with Crippen LogP contribution in [0.3, 0.4) is 0 Å². The summed E-state index contributed by atoms with van der Waals surface area (Å²) in [4.78, 5) is 18.6. The van der Waals surface area contributed by atoms with E-state index in [9.17, 15) is 4.79 Å². The van der Waals surface area contributed by atoms with Gasteiger partial charge in [0.1, 0.15) is 5.69 Å². The zero-order valence-corrected chi connectivity index (χ0v) is 11.2. The molecule has 0 aliphatic carbocycles. The molecule has 0 spiro atoms. The number of carbonyl (C=O) groups is 1. The standard InChI is InChI=1S/C16H17N3O/c20-16(18-13-6-2-1-3-7-13)15-9-8-14(12-17-15)19-10-4-5-11-19/h1-3,6-9,12H,4-5,10-11H2,(H,18,20). The molecule has 1 aliphatic heterocycles. The summed E-state index contributed by atoms with van der Waals surface area (Å²) in [5.41, 5.74) is 2.32. The Morgan fingerprint density at radius 3 is 2.45 bits per heavy atom. The van der Waals surface area contributed by atoms with Crippen molar-refractivity contribution in [3.05, 3.63) is 54.4 Å². The maximum Gasteiger partial charge on any atom is 0.274 e. The molecule has 2 heterocycles. The molecule has 0 bridgehead atoms. The molecule has 0 unspecified atom stereocenters. The first-order valence-corrected chi connectivity index (χ1v) is 6.90. The Kier molecular flexibility index (Phi) is 3.63. The van der Waals surface area contributed by atoms with Crippen LogP contribution in [0.25, 0.3) is 0 Å². The number of para-hydroxylation sites is 1. The van der Waals surface area contributed by atoms with E-state index in [2.05, 4.69) is 15.2 Å². The number of aromatic nitrogens is 1. The number of amides is 1. The van der Waals surface area contributed by atoms with E-state index >= 15 is 0 Å². The van der Waals surface area contributed by atoms with Crippen molar-refractivity contribution >= 4 is 17.3 Å². The number of hydrogen-bond donors (Lipinski definition) is 1. The molecule has 20 heavy (non-hydrogen) atoms. The van der Waals surface area contributed by atoms with Crippen LogP contribution < -0.4 is 10.2 Å². The molecule has 0 radical (unpaired) electrons. The number of benzene rings is 1. The third kappa shape index (κ3) is 2.79. The smallest absolute Gasteiger partial charge is 0.274 e. The average molecular weight is 267 g/mol. The Hall–Kier alpha value is -2.36. The van der Waals surface area contributed by atoms with Crippen LogP contribution in [0.2, 0.25) is 0 Å². The summed E-state index contributed by atoms with van der Waals surface area (Å²) < 4.78 is 0. The lowest BCUT2D eigenvalue weighted by molar-refractivity contribution is 0.102. The second-order valence-electron chi connectivity index (χ2n) is 4.92. The second kappa shape index (κ2) is 5.74. The molecular formula is C16H17N3O. The van der Waals surface area contributed by atoms with Crippen LogP contribution in [-0.4, -0.2) is 24.0 Å². The Balaban J connectivity index is 1.69. The van der Waals surface area contributed by atoms with Gasteiger partial charge in [0.05, 0.1) is 11.9 Å². The summed E-state index contributed by atoms with van der Waals surface area (Å²) in [6.07, 6.45) is 4.25. The number of nitrogens with one attached hydrogen (secondary N) is 1. The fraction of sp³-hybridized carbons (Fsp3) is 0.250. The predicted octanol–water partition coefficient (Wildman–Crippen LogP) is 2.93. The van der Waals surface area contributed by atoms with E-state index in [0.29, 0.717) is 5.69 Å². The Morgan fingerprint density at radius 1 is 1.05 bits per heavy atom. The molecule has 1 saturated heterocycles. The van der Waals surface area contributed by atoms with E-state index < -0.39 is 0 Å². The third-order valence-electron chi connectivity index (χ3n) is 3.48. The van der Waals surface area contributed by atoms with Crippen LogP contribution >= 0.6 is 0 Å². The van der Waals surface area contributed by atoms with E-state index in [4.69, 9.17) is 0 Å². The number of anilines is 2. The molecule has 0 saturated carbocycles. The molecule has 0 atom stereocenters. The van der Waals surface area contributed by atoms with Crippen LogP contribution in [0, 0.1) is 0 Å². The van der Waals surface area contributed by atoms with Crippen molar-refractivity contribution in [2.24, 2.45) is 0 Å². The minimum absolute atomic E-state index is 0.177. The number of carbonyl (C=O) groups excluding carboxylic acids is 1. The Morgan fingerprint density at radius 2 is 1.80 bits per heavy atom. The highest BCUT2D eigenvalue weighted by Gasteiger charge is 2.13. The van der Waals surface area contributed by atoms with Crippen LogP contribution in [0.5, 0.6) is 0 Å². The van der Waals surface area contributed by atoms with Crippen molar-refractivity contribution in [2.75, 3.05) is 23.3 Å². The van der Waals surface area contributed by atoms with Gasteiger partial charge >= 0.3 is 0 Å². The largest absolute Gasteiger partial charge is 0.370 e. The van der Waals surface area contributed by atoms with Crippen molar-refractivity contribution in [1.29, 1.82) is 0 Å². The molecule has 3 rings (SSSR count). The summed E-state index contributed by atoms with van der Waals surface area (Å²) in [6, 6.07) is 13.2. The third-order valence-corrected chi connectivity index (χ3v) is 3.48. The van der Waals surface area contributed by atoms with Gasteiger partial charge in [0.25, 0.3) is 5.91 Å². The molecule has 102 valence electrons. The van der Waals surface area contributed by atoms with Crippen molar-refractivity contribution in [1.82, 2.24) is 4.98 Å². The monoisotopic (exact) mass is 267 g/mol. The van der Waals surface area contributed by atoms with Gasteiger partial charge in [-0.05, 0) is 37.1 Å². The lowest BCUT2D eigenvalue weighted by Crippen LogP contribution is -2.19. The van der Waals surface area contributed by atoms with Gasteiger partial charge in [-0.2, -0.15) is 0 Å². The zero-order valence-electron chi connectivity index (χ0n) is 11.2. The molecule has 4 heteroatoms. The molecule has 1 N–H and O–H groups in total. The molecule has 4 nitrogen and oxygen atoms in total. The number of rotatable bonds is 3. The first-order valence-electron chi connectivity index (χ1n) is 6.90. The van der Waals surface area contributed by atoms with Crippen molar-refractivity contribution in [3.63, 3.8) is 0 Å². The van der Waals surface area contributed by atoms with Gasteiger partial charge < -0.3 is 10.2 Å². The number of hydrogen-bond acceptors (Lipinski definition) is 3. The number of nitrogens with zero attached hydrogens (tertiary/aromatic N) is 2. The summed E-state index contributed by atoms with van der Waals surface area (Å²) in [5.74, 6) is -0.177. The lowest BCUT2D eigenvalue weighted by atomic mass is 10.2. The van der Waals surface area contributed by atoms with Gasteiger partial charge in [0.15, 0.2) is 0 Å². The molecule has 1 aromatic heterocycles. The molecule has 2 aromatic rings. The minimum atomic E-state index is -0.177. The van der Waals surface area contributed by atoms with Gasteiger partial charge in [-0.15, -0.1) is 0 Å². The quantitative estimate of drug-likeness (QED) is 0.930. The number of pyridine rings is 1. The van der Waals surface area contributed by atoms with E-state index in [-0.39, 0.29) is 5.91 Å². The van der Waals surface area contributed by atoms with Crippen LogP contribution in [0.4, 0.5) is 11.4 Å². The SMILES string of the molecule is O=C(Nc1ccccc1)c1ccc(N2CCCC2)cn1. The molecular weight excluding hydrogens is 250 g/mol. The highest BCUT2D eigenvalue weighted by atomic mass is 16.1. The minimum Gasteiger partial charge on any atom is -0.370 e. The fourth-order valence-corrected chi connectivity index (χ4v) is 2.40. The van der Waals surface area contributed by atoms with Gasteiger partial charge in [0, 0.05) is 18.8 Å². The van der Waals surface area contributed by atoms with Gasteiger partial charge in [-0.3, -0.25) is 4.79 Å². The zero-order chi connectivity index (χ0) is 13.8. The summed E-state index contributed by atoms with van der Waals surface area (Å²) in [6.45, 7) is 2.16. The summed E-state index contributed by atoms with van der Waals surface area (Å²) >= 11 is 0. The topological polar surface area (TPSA) is 45.2 Å². The van der Waals surface area contributed by atoms with E-state index in [1.54, 1.807) is 12.3 Å². The van der Waals surface area contributed by atoms with Crippen molar-refractivity contribution in [2.45, 2.75) is 12.8 Å². The molecule has 1 amide bonds. The van der Waals surface area contributed by atoms with Gasteiger partial charge in [-0.25, -0.2) is 4.98 Å². The van der Waals surface area contributed by atoms with Crippen molar-refractivity contribution in [3.8, 4) is 0 Å². The Bertz CT molecular complexity index is 574. The van der Waals surface area contributed by atoms with E-state index in [1.165, 1.54) is 12.8 Å². The molecule has 1 aliphatic rings. The first kappa shape index (κ1) is 12.7. The van der Waals surface area contributed by atoms with E-state index in [1.807, 2.05) is 36.4 Å². The molecule has 1 aromatic carbocycles. The van der Waals surface area contributed by atoms with Gasteiger partial charge in [-0.1, -0.05) is 18.2 Å². The van der Waals surface area contributed by atoms with Crippen LogP contribution in [0.1, 0.15) is 23.3 Å². The Labute approximate surface area is 118 Å². The second-order valence-corrected chi connectivity index (χ2v) is 4.92. The maximum atomic E-state index is 12.1. The highest BCUT2D eigenvalue weighted by Crippen LogP contribution is 2.19. The summed E-state index contributed by atoms with van der Waals surface area (Å²) in [7, 11) is 0. The van der Waals surface area contributed by atoms with Crippen molar-refractivity contribution < 1.29 is 4.79 Å².